The molecule has 6 nitrogen and oxygen atoms in total. The van der Waals surface area contributed by atoms with Gasteiger partial charge in [0.05, 0.1) is 5.69 Å². The van der Waals surface area contributed by atoms with Gasteiger partial charge in [0.2, 0.25) is 0 Å². The summed E-state index contributed by atoms with van der Waals surface area (Å²) in [5.74, 6) is 2.29. The fraction of sp³-hybridized carbons (Fsp3) is 0.333. The zero-order valence-corrected chi connectivity index (χ0v) is 11.7. The minimum absolute atomic E-state index is 0.576. The minimum Gasteiger partial charge on any atom is -0.486 e. The lowest BCUT2D eigenvalue weighted by Crippen LogP contribution is -2.15. The molecule has 1 aromatic heterocycles. The molecule has 0 saturated heterocycles. The van der Waals surface area contributed by atoms with Crippen LogP contribution in [0.5, 0.6) is 11.5 Å². The molecule has 0 amide bonds. The Morgan fingerprint density at radius 2 is 1.90 bits per heavy atom. The summed E-state index contributed by atoms with van der Waals surface area (Å²) in [6, 6.07) is 9.64. The summed E-state index contributed by atoms with van der Waals surface area (Å²) in [4.78, 5) is 0. The van der Waals surface area contributed by atoms with Crippen LogP contribution in [0.2, 0.25) is 0 Å². The summed E-state index contributed by atoms with van der Waals surface area (Å²) < 4.78 is 11.1. The maximum atomic E-state index is 5.58. The Morgan fingerprint density at radius 3 is 2.67 bits per heavy atom. The van der Waals surface area contributed by atoms with Gasteiger partial charge < -0.3 is 20.5 Å². The van der Waals surface area contributed by atoms with Crippen LogP contribution in [-0.2, 0) is 0 Å². The molecule has 21 heavy (non-hydrogen) atoms. The molecular formula is C15H18N4O2. The lowest BCUT2D eigenvalue weighted by Gasteiger charge is -2.18. The molecule has 6 heteroatoms. The van der Waals surface area contributed by atoms with Crippen molar-refractivity contribution in [3.05, 3.63) is 30.3 Å². The van der Waals surface area contributed by atoms with Crippen molar-refractivity contribution in [1.29, 1.82) is 0 Å². The number of rotatable bonds is 5. The Bertz CT molecular complexity index is 601. The first-order valence-corrected chi connectivity index (χ1v) is 7.04. The molecule has 3 N–H and O–H groups in total. The molecule has 0 aliphatic carbocycles. The van der Waals surface area contributed by atoms with Crippen LogP contribution in [0.4, 0.5) is 5.82 Å². The van der Waals surface area contributed by atoms with E-state index in [1.807, 2.05) is 30.3 Å². The Labute approximate surface area is 123 Å². The highest BCUT2D eigenvalue weighted by atomic mass is 16.6. The van der Waals surface area contributed by atoms with E-state index in [0.29, 0.717) is 19.8 Å². The molecule has 0 spiro atoms. The van der Waals surface area contributed by atoms with Crippen LogP contribution in [0, 0.1) is 0 Å². The zero-order valence-electron chi connectivity index (χ0n) is 11.7. The summed E-state index contributed by atoms with van der Waals surface area (Å²) in [7, 11) is 0. The fourth-order valence-electron chi connectivity index (χ4n) is 2.10. The van der Waals surface area contributed by atoms with Gasteiger partial charge in [-0.15, -0.1) is 10.2 Å². The van der Waals surface area contributed by atoms with Gasteiger partial charge in [-0.25, -0.2) is 0 Å². The highest BCUT2D eigenvalue weighted by Crippen LogP contribution is 2.33. The normalized spacial score (nSPS) is 13.0. The number of anilines is 1. The Hall–Kier alpha value is -2.34. The predicted octanol–water partition coefficient (Wildman–Crippen LogP) is 1.68. The number of nitrogens with one attached hydrogen (secondary N) is 1. The number of ether oxygens (including phenoxy) is 2. The highest BCUT2D eigenvalue weighted by molar-refractivity contribution is 5.64. The monoisotopic (exact) mass is 286 g/mol. The average molecular weight is 286 g/mol. The van der Waals surface area contributed by atoms with E-state index in [0.717, 1.165) is 41.5 Å². The molecule has 110 valence electrons. The molecule has 3 rings (SSSR count). The Kier molecular flexibility index (Phi) is 4.16. The van der Waals surface area contributed by atoms with Crippen LogP contribution in [0.1, 0.15) is 6.42 Å². The van der Waals surface area contributed by atoms with Crippen molar-refractivity contribution < 1.29 is 9.47 Å². The second kappa shape index (κ2) is 6.41. The second-order valence-corrected chi connectivity index (χ2v) is 4.73. The molecule has 0 bridgehead atoms. The molecule has 2 heterocycles. The number of fused-ring (bicyclic) bond motifs is 1. The third-order valence-corrected chi connectivity index (χ3v) is 3.19. The third kappa shape index (κ3) is 3.22. The van der Waals surface area contributed by atoms with Gasteiger partial charge in [0, 0.05) is 12.1 Å². The van der Waals surface area contributed by atoms with Gasteiger partial charge in [-0.1, -0.05) is 0 Å². The maximum absolute atomic E-state index is 5.58. The van der Waals surface area contributed by atoms with Crippen LogP contribution in [-0.4, -0.2) is 36.5 Å². The lowest BCUT2D eigenvalue weighted by atomic mass is 10.1. The van der Waals surface area contributed by atoms with Crippen LogP contribution < -0.4 is 20.5 Å². The molecule has 0 unspecified atom stereocenters. The van der Waals surface area contributed by atoms with Gasteiger partial charge in [-0.05, 0) is 43.3 Å². The second-order valence-electron chi connectivity index (χ2n) is 4.73. The van der Waals surface area contributed by atoms with Gasteiger partial charge in [0.1, 0.15) is 19.0 Å². The molecule has 0 saturated carbocycles. The topological polar surface area (TPSA) is 82.3 Å². The van der Waals surface area contributed by atoms with Crippen molar-refractivity contribution in [1.82, 2.24) is 10.2 Å². The van der Waals surface area contributed by atoms with Gasteiger partial charge in [-0.3, -0.25) is 0 Å². The van der Waals surface area contributed by atoms with E-state index in [1.165, 1.54) is 0 Å². The van der Waals surface area contributed by atoms with Gasteiger partial charge in [0.25, 0.3) is 0 Å². The number of benzene rings is 1. The van der Waals surface area contributed by atoms with E-state index >= 15 is 0 Å². The number of hydrogen-bond acceptors (Lipinski definition) is 6. The van der Waals surface area contributed by atoms with Crippen LogP contribution in [0.25, 0.3) is 11.3 Å². The number of nitrogens with zero attached hydrogens (tertiary/aromatic N) is 2. The first kappa shape index (κ1) is 13.6. The summed E-state index contributed by atoms with van der Waals surface area (Å²) in [6.45, 7) is 2.63. The first-order chi connectivity index (χ1) is 10.4. The van der Waals surface area contributed by atoms with Gasteiger partial charge >= 0.3 is 0 Å². The van der Waals surface area contributed by atoms with E-state index in [9.17, 15) is 0 Å². The maximum Gasteiger partial charge on any atom is 0.162 e. The molecule has 0 atom stereocenters. The minimum atomic E-state index is 0.576. The Balaban J connectivity index is 1.74. The van der Waals surface area contributed by atoms with Crippen LogP contribution in [0.3, 0.4) is 0 Å². The summed E-state index contributed by atoms with van der Waals surface area (Å²) in [5.41, 5.74) is 7.21. The van der Waals surface area contributed by atoms with E-state index in [2.05, 4.69) is 15.5 Å². The molecule has 0 fully saturated rings. The Morgan fingerprint density at radius 1 is 1.05 bits per heavy atom. The van der Waals surface area contributed by atoms with E-state index < -0.39 is 0 Å². The van der Waals surface area contributed by atoms with Crippen molar-refractivity contribution in [3.63, 3.8) is 0 Å². The summed E-state index contributed by atoms with van der Waals surface area (Å²) in [5, 5.41) is 11.6. The highest BCUT2D eigenvalue weighted by Gasteiger charge is 2.13. The molecular weight excluding hydrogens is 268 g/mol. The van der Waals surface area contributed by atoms with Gasteiger partial charge in [-0.2, -0.15) is 0 Å². The summed E-state index contributed by atoms with van der Waals surface area (Å²) >= 11 is 0. The van der Waals surface area contributed by atoms with E-state index in [-0.39, 0.29) is 0 Å². The standard InChI is InChI=1S/C15H18N4O2/c16-6-1-7-17-15-5-3-12(18-19-15)11-2-4-13-14(10-11)21-9-8-20-13/h2-5,10H,1,6-9,16H2,(H,17,19). The van der Waals surface area contributed by atoms with Crippen LogP contribution in [0.15, 0.2) is 30.3 Å². The SMILES string of the molecule is NCCCNc1ccc(-c2ccc3c(c2)OCCO3)nn1. The third-order valence-electron chi connectivity index (χ3n) is 3.19. The number of hydrogen-bond donors (Lipinski definition) is 2. The smallest absolute Gasteiger partial charge is 0.162 e. The molecule has 1 aromatic carbocycles. The lowest BCUT2D eigenvalue weighted by molar-refractivity contribution is 0.171. The van der Waals surface area contributed by atoms with Crippen molar-refractivity contribution in [2.75, 3.05) is 31.6 Å². The average Bonchev–Trinajstić information content (AvgIpc) is 2.55. The van der Waals surface area contributed by atoms with Crippen molar-refractivity contribution in [2.24, 2.45) is 5.73 Å². The molecule has 1 aliphatic rings. The summed E-state index contributed by atoms with van der Waals surface area (Å²) in [6.07, 6.45) is 0.908. The van der Waals surface area contributed by atoms with E-state index in [1.54, 1.807) is 0 Å². The molecule has 2 aromatic rings. The van der Waals surface area contributed by atoms with Crippen molar-refractivity contribution in [2.45, 2.75) is 6.42 Å². The van der Waals surface area contributed by atoms with Crippen LogP contribution >= 0.6 is 0 Å². The first-order valence-electron chi connectivity index (χ1n) is 7.04. The molecule has 1 aliphatic heterocycles. The van der Waals surface area contributed by atoms with Gasteiger partial charge in [0.15, 0.2) is 11.5 Å². The molecule has 0 radical (unpaired) electrons. The van der Waals surface area contributed by atoms with Crippen molar-refractivity contribution in [3.8, 4) is 22.8 Å². The van der Waals surface area contributed by atoms with Crippen molar-refractivity contribution >= 4 is 5.82 Å². The number of nitrogens with two attached hydrogens (primary N) is 1. The largest absolute Gasteiger partial charge is 0.486 e. The fourth-order valence-corrected chi connectivity index (χ4v) is 2.10. The van der Waals surface area contributed by atoms with E-state index in [4.69, 9.17) is 15.2 Å². The number of aromatic nitrogens is 2. The predicted molar refractivity (Wildman–Crippen MR) is 80.6 cm³/mol. The quantitative estimate of drug-likeness (QED) is 0.814. The zero-order chi connectivity index (χ0) is 14.5.